The lowest BCUT2D eigenvalue weighted by molar-refractivity contribution is -0.703. The Kier molecular flexibility index (Phi) is 4.18. The highest BCUT2D eigenvalue weighted by atomic mass is 16.7. The number of quaternary nitrogens is 1. The van der Waals surface area contributed by atoms with Crippen molar-refractivity contribution >= 4 is 5.69 Å². The van der Waals surface area contributed by atoms with E-state index in [1.54, 1.807) is 13.2 Å². The molecule has 1 aromatic carbocycles. The number of rotatable bonds is 6. The van der Waals surface area contributed by atoms with E-state index in [4.69, 9.17) is 14.2 Å². The van der Waals surface area contributed by atoms with Crippen molar-refractivity contribution in [2.75, 3.05) is 20.5 Å². The summed E-state index contributed by atoms with van der Waals surface area (Å²) in [6, 6.07) is 3.33. The van der Waals surface area contributed by atoms with E-state index in [0.29, 0.717) is 30.2 Å². The van der Waals surface area contributed by atoms with Crippen LogP contribution in [0.3, 0.4) is 0 Å². The Bertz CT molecular complexity index is 477. The van der Waals surface area contributed by atoms with Crippen LogP contribution in [-0.2, 0) is 11.3 Å². The van der Waals surface area contributed by atoms with Gasteiger partial charge in [-0.2, -0.15) is 0 Å². The summed E-state index contributed by atoms with van der Waals surface area (Å²) in [4.78, 5) is 10.7. The lowest BCUT2D eigenvalue weighted by atomic mass is 10.1. The number of nitro benzene ring substituents is 1. The van der Waals surface area contributed by atoms with Gasteiger partial charge in [0.15, 0.2) is 11.5 Å². The number of nitrogens with two attached hydrogens (primary N) is 1. The first kappa shape index (κ1) is 13.6. The van der Waals surface area contributed by atoms with Crippen molar-refractivity contribution < 1.29 is 24.5 Å². The van der Waals surface area contributed by atoms with Gasteiger partial charge in [0, 0.05) is 7.11 Å². The van der Waals surface area contributed by atoms with Crippen LogP contribution >= 0.6 is 0 Å². The Labute approximate surface area is 110 Å². The number of methoxy groups -OCH3 is 1. The summed E-state index contributed by atoms with van der Waals surface area (Å²) >= 11 is 0. The van der Waals surface area contributed by atoms with Crippen LogP contribution in [0, 0.1) is 10.1 Å². The summed E-state index contributed by atoms with van der Waals surface area (Å²) in [5.41, 5.74) is 0.683. The van der Waals surface area contributed by atoms with Gasteiger partial charge in [0.2, 0.25) is 6.79 Å². The van der Waals surface area contributed by atoms with Crippen LogP contribution in [0.15, 0.2) is 12.1 Å². The van der Waals surface area contributed by atoms with Crippen LogP contribution in [0.2, 0.25) is 0 Å². The fourth-order valence-corrected chi connectivity index (χ4v) is 1.97. The van der Waals surface area contributed by atoms with Crippen LogP contribution in [0.1, 0.15) is 12.5 Å². The molecule has 104 valence electrons. The van der Waals surface area contributed by atoms with Gasteiger partial charge < -0.3 is 19.5 Å². The number of fused-ring (bicyclic) bond motifs is 1. The van der Waals surface area contributed by atoms with E-state index in [9.17, 15) is 10.1 Å². The summed E-state index contributed by atoms with van der Waals surface area (Å²) in [6.45, 7) is 3.21. The lowest BCUT2D eigenvalue weighted by Gasteiger charge is -2.10. The summed E-state index contributed by atoms with van der Waals surface area (Å²) < 4.78 is 15.4. The molecule has 0 unspecified atom stereocenters. The molecule has 0 radical (unpaired) electrons. The van der Waals surface area contributed by atoms with Crippen molar-refractivity contribution in [1.29, 1.82) is 0 Å². The molecule has 0 aromatic heterocycles. The van der Waals surface area contributed by atoms with Gasteiger partial charge >= 0.3 is 0 Å². The van der Waals surface area contributed by atoms with Crippen LogP contribution in [0.4, 0.5) is 5.69 Å². The largest absolute Gasteiger partial charge is 0.454 e. The molecule has 2 rings (SSSR count). The van der Waals surface area contributed by atoms with Gasteiger partial charge in [0.25, 0.3) is 5.69 Å². The maximum Gasteiger partial charge on any atom is 0.282 e. The molecule has 1 heterocycles. The molecule has 0 saturated heterocycles. The fraction of sp³-hybridized carbons (Fsp3) is 0.500. The molecule has 2 N–H and O–H groups in total. The average molecular weight is 269 g/mol. The first-order valence-corrected chi connectivity index (χ1v) is 6.01. The van der Waals surface area contributed by atoms with E-state index in [-0.39, 0.29) is 18.5 Å². The van der Waals surface area contributed by atoms with Crippen molar-refractivity contribution in [2.24, 2.45) is 0 Å². The van der Waals surface area contributed by atoms with Gasteiger partial charge in [0.05, 0.1) is 23.2 Å². The maximum atomic E-state index is 11.1. The van der Waals surface area contributed by atoms with E-state index >= 15 is 0 Å². The van der Waals surface area contributed by atoms with Crippen molar-refractivity contribution in [3.8, 4) is 11.5 Å². The third-order valence-electron chi connectivity index (χ3n) is 2.94. The highest BCUT2D eigenvalue weighted by Crippen LogP contribution is 2.37. The minimum atomic E-state index is -0.397. The van der Waals surface area contributed by atoms with Gasteiger partial charge in [-0.15, -0.1) is 0 Å². The second kappa shape index (κ2) is 5.85. The first-order chi connectivity index (χ1) is 9.11. The predicted octanol–water partition coefficient (Wildman–Crippen LogP) is 0.422. The van der Waals surface area contributed by atoms with Crippen molar-refractivity contribution in [3.63, 3.8) is 0 Å². The third-order valence-corrected chi connectivity index (χ3v) is 2.94. The number of ether oxygens (including phenoxy) is 3. The number of nitro groups is 1. The highest BCUT2D eigenvalue weighted by Gasteiger charge is 2.24. The van der Waals surface area contributed by atoms with Gasteiger partial charge in [-0.25, -0.2) is 0 Å². The summed E-state index contributed by atoms with van der Waals surface area (Å²) in [5, 5.41) is 13.1. The predicted molar refractivity (Wildman–Crippen MR) is 66.2 cm³/mol. The van der Waals surface area contributed by atoms with Crippen LogP contribution in [-0.4, -0.2) is 31.5 Å². The molecular weight excluding hydrogens is 252 g/mol. The molecule has 0 fully saturated rings. The molecule has 1 aromatic rings. The molecule has 0 spiro atoms. The quantitative estimate of drug-likeness (QED) is 0.597. The second-order valence-electron chi connectivity index (χ2n) is 4.46. The number of nitrogens with zero attached hydrogens (tertiary/aromatic N) is 1. The minimum absolute atomic E-state index is 0.0603. The van der Waals surface area contributed by atoms with E-state index in [2.05, 4.69) is 0 Å². The van der Waals surface area contributed by atoms with Gasteiger partial charge in [-0.1, -0.05) is 0 Å². The summed E-state index contributed by atoms with van der Waals surface area (Å²) in [6.07, 6.45) is 0. The zero-order valence-electron chi connectivity index (χ0n) is 10.9. The normalized spacial score (nSPS) is 14.4. The molecule has 1 aliphatic rings. The monoisotopic (exact) mass is 269 g/mol. The molecule has 19 heavy (non-hydrogen) atoms. The molecule has 0 saturated carbocycles. The Hall–Kier alpha value is -1.86. The zero-order valence-corrected chi connectivity index (χ0v) is 10.9. The van der Waals surface area contributed by atoms with Gasteiger partial charge in [-0.05, 0) is 13.0 Å². The topological polar surface area (TPSA) is 87.4 Å². The Balaban J connectivity index is 2.16. The molecule has 0 aliphatic carbocycles. The Morgan fingerprint density at radius 1 is 1.47 bits per heavy atom. The van der Waals surface area contributed by atoms with Crippen LogP contribution in [0.5, 0.6) is 11.5 Å². The summed E-state index contributed by atoms with van der Waals surface area (Å²) in [7, 11) is 1.63. The van der Waals surface area contributed by atoms with Crippen molar-refractivity contribution in [3.05, 3.63) is 27.8 Å². The lowest BCUT2D eigenvalue weighted by Crippen LogP contribution is -2.88. The molecule has 1 aliphatic heterocycles. The zero-order chi connectivity index (χ0) is 13.8. The Morgan fingerprint density at radius 2 is 2.16 bits per heavy atom. The first-order valence-electron chi connectivity index (χ1n) is 6.01. The Morgan fingerprint density at radius 3 is 2.79 bits per heavy atom. The van der Waals surface area contributed by atoms with Crippen molar-refractivity contribution in [2.45, 2.75) is 19.5 Å². The van der Waals surface area contributed by atoms with E-state index in [1.165, 1.54) is 6.07 Å². The van der Waals surface area contributed by atoms with E-state index in [0.717, 1.165) is 0 Å². The standard InChI is InChI=1S/C12H16N2O5/c1-8(6-17-2)13-5-9-3-11-12(19-7-18-11)4-10(9)14(15)16/h3-4,8,13H,5-7H2,1-2H3/p+1/t8-/m1/s1. The SMILES string of the molecule is COC[C@@H](C)[NH2+]Cc1cc2c(cc1[N+](=O)[O-])OCO2. The smallest absolute Gasteiger partial charge is 0.282 e. The van der Waals surface area contributed by atoms with Gasteiger partial charge in [0.1, 0.15) is 12.6 Å². The van der Waals surface area contributed by atoms with Crippen LogP contribution in [0.25, 0.3) is 0 Å². The molecule has 1 atom stereocenters. The average Bonchev–Trinajstić information content (AvgIpc) is 2.82. The number of benzene rings is 1. The highest BCUT2D eigenvalue weighted by molar-refractivity contribution is 5.54. The van der Waals surface area contributed by atoms with E-state index in [1.807, 2.05) is 12.2 Å². The van der Waals surface area contributed by atoms with E-state index < -0.39 is 4.92 Å². The molecule has 7 nitrogen and oxygen atoms in total. The third kappa shape index (κ3) is 3.12. The molecular formula is C12H17N2O5+. The van der Waals surface area contributed by atoms with Crippen molar-refractivity contribution in [1.82, 2.24) is 0 Å². The number of hydrogen-bond donors (Lipinski definition) is 1. The summed E-state index contributed by atoms with van der Waals surface area (Å²) in [5.74, 6) is 0.994. The minimum Gasteiger partial charge on any atom is -0.454 e. The fourth-order valence-electron chi connectivity index (χ4n) is 1.97. The molecule has 0 amide bonds. The maximum absolute atomic E-state index is 11.1. The molecule has 0 bridgehead atoms. The van der Waals surface area contributed by atoms with Gasteiger partial charge in [-0.3, -0.25) is 10.1 Å². The van der Waals surface area contributed by atoms with Crippen LogP contribution < -0.4 is 14.8 Å². The molecule has 7 heteroatoms. The second-order valence-corrected chi connectivity index (χ2v) is 4.46. The number of hydrogen-bond acceptors (Lipinski definition) is 5.